The summed E-state index contributed by atoms with van der Waals surface area (Å²) >= 11 is 0. The molecule has 12 rings (SSSR count). The quantitative estimate of drug-likeness (QED) is 0.0762. The lowest BCUT2D eigenvalue weighted by Crippen LogP contribution is -2.59. The first-order valence-electron chi connectivity index (χ1n) is 26.0. The Bertz CT molecular complexity index is 3450. The molecular weight excluding hydrogens is 995 g/mol. The lowest BCUT2D eigenvalue weighted by atomic mass is 9.65. The van der Waals surface area contributed by atoms with Gasteiger partial charge in [0, 0.05) is 45.4 Å². The fraction of sp³-hybridized carbons (Fsp3) is 0.300. The number of carbonyl (C=O) groups is 4. The first-order valence-corrected chi connectivity index (χ1v) is 26.0. The highest BCUT2D eigenvalue weighted by Crippen LogP contribution is 2.66. The molecule has 5 aliphatic rings. The Labute approximate surface area is 449 Å². The van der Waals surface area contributed by atoms with E-state index in [-0.39, 0.29) is 58.5 Å². The van der Waals surface area contributed by atoms with Gasteiger partial charge in [0.1, 0.15) is 48.6 Å². The van der Waals surface area contributed by atoms with Gasteiger partial charge in [-0.05, 0) is 82.4 Å². The van der Waals surface area contributed by atoms with Crippen LogP contribution in [0.4, 0.5) is 10.5 Å². The summed E-state index contributed by atoms with van der Waals surface area (Å²) in [7, 11) is 1.48. The van der Waals surface area contributed by atoms with E-state index in [2.05, 4.69) is 27.1 Å². The number of amides is 3. The molecule has 6 unspecified atom stereocenters. The van der Waals surface area contributed by atoms with Crippen LogP contribution in [0, 0.1) is 17.8 Å². The number of benzene rings is 6. The number of anilines is 1. The largest absolute Gasteiger partial charge is 0.491 e. The topological polar surface area (TPSA) is 188 Å². The molecule has 7 aromatic rings. The third-order valence-corrected chi connectivity index (χ3v) is 15.4. The summed E-state index contributed by atoms with van der Waals surface area (Å²) in [5.41, 5.74) is 3.48. The van der Waals surface area contributed by atoms with Gasteiger partial charge in [-0.15, -0.1) is 5.10 Å². The number of aliphatic hydroxyl groups is 1. The number of esters is 1. The second kappa shape index (κ2) is 21.4. The number of hydrogen-bond donors (Lipinski definition) is 1. The van der Waals surface area contributed by atoms with Crippen LogP contribution in [0.5, 0.6) is 17.2 Å². The predicted octanol–water partition coefficient (Wildman–Crippen LogP) is 6.38. The van der Waals surface area contributed by atoms with Crippen LogP contribution in [0.2, 0.25) is 0 Å². The van der Waals surface area contributed by atoms with Crippen LogP contribution in [0.15, 0.2) is 146 Å². The Hall–Kier alpha value is -8.60. The zero-order valence-electron chi connectivity index (χ0n) is 42.7. The number of ether oxygens (including phenoxy) is 6. The number of fused-ring (bicyclic) bond motifs is 5. The zero-order valence-corrected chi connectivity index (χ0v) is 42.7. The van der Waals surface area contributed by atoms with Crippen LogP contribution < -0.4 is 19.1 Å². The number of carbonyl (C=O) groups excluding carboxylic acids is 4. The molecule has 3 amide bonds. The molecule has 0 bridgehead atoms. The average Bonchev–Trinajstić information content (AvgIpc) is 2.76. The highest BCUT2D eigenvalue weighted by molar-refractivity contribution is 6.23. The Morgan fingerprint density at radius 1 is 0.769 bits per heavy atom. The number of para-hydroxylation sites is 1. The number of imide groups is 1. The summed E-state index contributed by atoms with van der Waals surface area (Å²) in [6.45, 7) is 2.09. The number of piperazine rings is 1. The van der Waals surface area contributed by atoms with Gasteiger partial charge in [-0.1, -0.05) is 108 Å². The van der Waals surface area contributed by atoms with Gasteiger partial charge in [0.05, 0.1) is 42.4 Å². The molecule has 0 saturated carbocycles. The van der Waals surface area contributed by atoms with Crippen LogP contribution in [-0.2, 0) is 47.1 Å². The third kappa shape index (κ3) is 8.93. The van der Waals surface area contributed by atoms with E-state index in [4.69, 9.17) is 28.4 Å². The SMILES string of the molecule is COCCOC(=O)N1C(=O)C2(c3cc(C#CCn4nnc5ccccc54)ccc31)C(C(=O)N1CCN(Cc3ccc4c(c3)OCO4)CC1)C1C(=O)OC(c3ccccc3)C(c3ccccc3)N1C2c1ccc(OCCO)cc1. The minimum Gasteiger partial charge on any atom is -0.491 e. The molecule has 18 nitrogen and oxygen atoms in total. The molecule has 18 heteroatoms. The monoisotopic (exact) mass is 1050 g/mol. The van der Waals surface area contributed by atoms with Gasteiger partial charge in [-0.2, -0.15) is 0 Å². The second-order valence-corrected chi connectivity index (χ2v) is 19.7. The lowest BCUT2D eigenvalue weighted by Gasteiger charge is -2.46. The summed E-state index contributed by atoms with van der Waals surface area (Å²) < 4.78 is 36.6. The smallest absolute Gasteiger partial charge is 0.421 e. The maximum Gasteiger partial charge on any atom is 0.421 e. The number of rotatable bonds is 13. The Morgan fingerprint density at radius 2 is 1.51 bits per heavy atom. The molecule has 6 atom stereocenters. The summed E-state index contributed by atoms with van der Waals surface area (Å²) in [4.78, 5) is 70.7. The van der Waals surface area contributed by atoms with Crippen molar-refractivity contribution in [2.24, 2.45) is 5.92 Å². The van der Waals surface area contributed by atoms with Crippen LogP contribution >= 0.6 is 0 Å². The van der Waals surface area contributed by atoms with E-state index < -0.39 is 59.4 Å². The fourth-order valence-corrected chi connectivity index (χ4v) is 12.0. The molecular formula is C60H55N7O11. The lowest BCUT2D eigenvalue weighted by molar-refractivity contribution is -0.179. The number of cyclic esters (lactones) is 1. The molecule has 78 heavy (non-hydrogen) atoms. The van der Waals surface area contributed by atoms with E-state index in [1.807, 2.05) is 120 Å². The number of methoxy groups -OCH3 is 1. The maximum atomic E-state index is 16.7. The van der Waals surface area contributed by atoms with E-state index in [1.54, 1.807) is 39.9 Å². The molecule has 6 heterocycles. The molecule has 0 aliphatic carbocycles. The fourth-order valence-electron chi connectivity index (χ4n) is 12.0. The molecule has 3 fully saturated rings. The van der Waals surface area contributed by atoms with E-state index >= 15 is 14.4 Å². The number of nitrogens with zero attached hydrogens (tertiary/aromatic N) is 7. The summed E-state index contributed by atoms with van der Waals surface area (Å²) in [6.07, 6.45) is -1.90. The molecule has 1 spiro atoms. The number of hydrogen-bond acceptors (Lipinski definition) is 15. The standard InChI is InChI=1S/C60H55N7O11/c1-73-33-34-75-59(72)66-47-24-18-39(11-10-26-65-48-17-9-8-16-46(48)61-62-65)35-45(47)60(58(66)71)51(56(69)64-29-27-63(28-30-64)37-40-19-25-49-50(36-40)77-38-76-49)53-57(70)78-54(42-14-6-3-7-15-42)52(41-12-4-2-5-13-41)67(53)55(60)43-20-22-44(23-21-43)74-32-31-68/h2-9,12-25,35-36,51-55,68H,26-34,37-38H2,1H3. The Morgan fingerprint density at radius 3 is 2.28 bits per heavy atom. The van der Waals surface area contributed by atoms with Crippen molar-refractivity contribution >= 4 is 40.6 Å². The van der Waals surface area contributed by atoms with Crippen molar-refractivity contribution in [3.8, 4) is 29.1 Å². The van der Waals surface area contributed by atoms with Crippen molar-refractivity contribution in [2.45, 2.75) is 42.7 Å². The van der Waals surface area contributed by atoms with Gasteiger partial charge >= 0.3 is 12.1 Å². The van der Waals surface area contributed by atoms with Crippen LogP contribution in [0.3, 0.4) is 0 Å². The van der Waals surface area contributed by atoms with Gasteiger partial charge in [0.25, 0.3) is 0 Å². The highest BCUT2D eigenvalue weighted by atomic mass is 16.7. The van der Waals surface area contributed by atoms with Gasteiger partial charge in [0.2, 0.25) is 18.6 Å². The highest BCUT2D eigenvalue weighted by Gasteiger charge is 2.76. The van der Waals surface area contributed by atoms with Crippen LogP contribution in [-0.4, -0.2) is 131 Å². The minimum absolute atomic E-state index is 0.0328. The molecule has 3 saturated heterocycles. The summed E-state index contributed by atoms with van der Waals surface area (Å²) in [5, 5.41) is 18.3. The molecule has 1 aromatic heterocycles. The molecule has 6 aromatic carbocycles. The first kappa shape index (κ1) is 50.2. The maximum absolute atomic E-state index is 16.7. The second-order valence-electron chi connectivity index (χ2n) is 19.7. The van der Waals surface area contributed by atoms with Gasteiger partial charge < -0.3 is 38.4 Å². The third-order valence-electron chi connectivity index (χ3n) is 15.4. The van der Waals surface area contributed by atoms with Crippen LogP contribution in [0.25, 0.3) is 11.0 Å². The van der Waals surface area contributed by atoms with E-state index in [0.717, 1.165) is 27.1 Å². The first-order chi connectivity index (χ1) is 38.3. The van der Waals surface area contributed by atoms with E-state index in [0.29, 0.717) is 59.1 Å². The van der Waals surface area contributed by atoms with Gasteiger partial charge in [-0.25, -0.2) is 14.4 Å². The normalized spacial score (nSPS) is 22.5. The Kier molecular flexibility index (Phi) is 13.8. The zero-order chi connectivity index (χ0) is 53.3. The van der Waals surface area contributed by atoms with E-state index in [1.165, 1.54) is 7.11 Å². The average molecular weight is 1050 g/mol. The number of aromatic nitrogens is 3. The van der Waals surface area contributed by atoms with Crippen molar-refractivity contribution in [1.82, 2.24) is 29.7 Å². The number of aliphatic hydroxyl groups excluding tert-OH is 1. The van der Waals surface area contributed by atoms with E-state index in [9.17, 15) is 9.90 Å². The van der Waals surface area contributed by atoms with Crippen molar-refractivity contribution < 1.29 is 52.7 Å². The minimum atomic E-state index is -2.04. The van der Waals surface area contributed by atoms with Crippen molar-refractivity contribution in [2.75, 3.05) is 71.4 Å². The van der Waals surface area contributed by atoms with Gasteiger partial charge in [-0.3, -0.25) is 24.2 Å². The molecule has 396 valence electrons. The van der Waals surface area contributed by atoms with Crippen LogP contribution in [0.1, 0.15) is 51.6 Å². The summed E-state index contributed by atoms with van der Waals surface area (Å²) in [6, 6.07) is 41.4. The molecule has 5 aliphatic heterocycles. The van der Waals surface area contributed by atoms with Crippen molar-refractivity contribution in [1.29, 1.82) is 0 Å². The molecule has 0 radical (unpaired) electrons. The predicted molar refractivity (Wildman–Crippen MR) is 283 cm³/mol. The summed E-state index contributed by atoms with van der Waals surface area (Å²) in [5.74, 6) is 4.94. The molecule has 1 N–H and O–H groups in total. The Balaban J connectivity index is 1.05. The van der Waals surface area contributed by atoms with Crippen molar-refractivity contribution in [3.05, 3.63) is 179 Å². The van der Waals surface area contributed by atoms with Gasteiger partial charge in [0.15, 0.2) is 11.5 Å². The van der Waals surface area contributed by atoms with Crippen molar-refractivity contribution in [3.63, 3.8) is 0 Å². The number of morpholine rings is 1.